The van der Waals surface area contributed by atoms with Crippen molar-refractivity contribution in [2.45, 2.75) is 33.1 Å². The molecule has 3 heteroatoms. The van der Waals surface area contributed by atoms with Crippen molar-refractivity contribution in [3.8, 4) is 0 Å². The van der Waals surface area contributed by atoms with Gasteiger partial charge in [0, 0.05) is 25.8 Å². The molecular formula is C15H23NO2. The van der Waals surface area contributed by atoms with Crippen molar-refractivity contribution in [2.75, 3.05) is 20.2 Å². The molecule has 0 spiro atoms. The van der Waals surface area contributed by atoms with Crippen molar-refractivity contribution in [1.29, 1.82) is 0 Å². The second-order valence-electron chi connectivity index (χ2n) is 4.81. The van der Waals surface area contributed by atoms with Crippen LogP contribution in [0.3, 0.4) is 0 Å². The third-order valence-electron chi connectivity index (χ3n) is 3.25. The van der Waals surface area contributed by atoms with E-state index in [1.54, 1.807) is 4.90 Å². The Morgan fingerprint density at radius 2 is 1.89 bits per heavy atom. The van der Waals surface area contributed by atoms with Crippen LogP contribution in [0.15, 0.2) is 18.2 Å². The Balaban J connectivity index is 2.54. The lowest BCUT2D eigenvalue weighted by molar-refractivity contribution is 0.0792. The Morgan fingerprint density at radius 3 is 2.50 bits per heavy atom. The summed E-state index contributed by atoms with van der Waals surface area (Å²) in [5, 5.41) is 8.69. The number of benzene rings is 1. The molecule has 0 radical (unpaired) electrons. The van der Waals surface area contributed by atoms with Crippen molar-refractivity contribution < 1.29 is 9.90 Å². The summed E-state index contributed by atoms with van der Waals surface area (Å²) in [7, 11) is 1.83. The highest BCUT2D eigenvalue weighted by Gasteiger charge is 2.11. The van der Waals surface area contributed by atoms with Gasteiger partial charge >= 0.3 is 0 Å². The van der Waals surface area contributed by atoms with Crippen LogP contribution >= 0.6 is 0 Å². The number of aryl methyl sites for hydroxylation is 2. The number of carbonyl (C=O) groups is 1. The molecule has 1 amide bonds. The van der Waals surface area contributed by atoms with E-state index in [2.05, 4.69) is 0 Å². The van der Waals surface area contributed by atoms with Gasteiger partial charge in [-0.1, -0.05) is 6.07 Å². The van der Waals surface area contributed by atoms with Gasteiger partial charge in [0.25, 0.3) is 5.91 Å². The van der Waals surface area contributed by atoms with Crippen LogP contribution in [0.25, 0.3) is 0 Å². The molecule has 0 saturated carbocycles. The van der Waals surface area contributed by atoms with E-state index >= 15 is 0 Å². The number of unbranched alkanes of at least 4 members (excludes halogenated alkanes) is 2. The summed E-state index contributed by atoms with van der Waals surface area (Å²) >= 11 is 0. The van der Waals surface area contributed by atoms with Crippen LogP contribution in [0.1, 0.15) is 40.7 Å². The van der Waals surface area contributed by atoms with Gasteiger partial charge in [-0.05, 0) is 56.4 Å². The molecule has 100 valence electrons. The van der Waals surface area contributed by atoms with E-state index in [0.717, 1.165) is 36.9 Å². The van der Waals surface area contributed by atoms with Gasteiger partial charge in [-0.2, -0.15) is 0 Å². The highest BCUT2D eigenvalue weighted by molar-refractivity contribution is 5.94. The molecule has 0 heterocycles. The largest absolute Gasteiger partial charge is 0.396 e. The summed E-state index contributed by atoms with van der Waals surface area (Å²) in [5.41, 5.74) is 3.11. The molecule has 0 aliphatic carbocycles. The van der Waals surface area contributed by atoms with Crippen LogP contribution in [-0.2, 0) is 0 Å². The zero-order valence-electron chi connectivity index (χ0n) is 11.6. The molecule has 0 aliphatic rings. The maximum atomic E-state index is 12.1. The van der Waals surface area contributed by atoms with E-state index in [1.807, 2.05) is 39.1 Å². The number of amides is 1. The lowest BCUT2D eigenvalue weighted by Gasteiger charge is -2.17. The van der Waals surface area contributed by atoms with Crippen molar-refractivity contribution in [3.63, 3.8) is 0 Å². The van der Waals surface area contributed by atoms with Crippen LogP contribution in [0.4, 0.5) is 0 Å². The Morgan fingerprint density at radius 1 is 1.17 bits per heavy atom. The number of nitrogens with zero attached hydrogens (tertiary/aromatic N) is 1. The fraction of sp³-hybridized carbons (Fsp3) is 0.533. The molecule has 0 bridgehead atoms. The summed E-state index contributed by atoms with van der Waals surface area (Å²) in [6, 6.07) is 5.82. The van der Waals surface area contributed by atoms with Crippen LogP contribution in [0.5, 0.6) is 0 Å². The number of hydrogen-bond acceptors (Lipinski definition) is 2. The second kappa shape index (κ2) is 7.17. The minimum Gasteiger partial charge on any atom is -0.396 e. The van der Waals surface area contributed by atoms with Gasteiger partial charge in [0.1, 0.15) is 0 Å². The second-order valence-corrected chi connectivity index (χ2v) is 4.81. The first-order valence-electron chi connectivity index (χ1n) is 6.50. The minimum absolute atomic E-state index is 0.0714. The van der Waals surface area contributed by atoms with Crippen molar-refractivity contribution in [3.05, 3.63) is 34.9 Å². The predicted octanol–water partition coefficient (Wildman–Crippen LogP) is 2.54. The summed E-state index contributed by atoms with van der Waals surface area (Å²) in [6.07, 6.45) is 2.71. The first-order valence-corrected chi connectivity index (χ1v) is 6.50. The normalized spacial score (nSPS) is 10.4. The topological polar surface area (TPSA) is 40.5 Å². The van der Waals surface area contributed by atoms with E-state index in [9.17, 15) is 4.79 Å². The Hall–Kier alpha value is -1.35. The fourth-order valence-electron chi connectivity index (χ4n) is 1.83. The molecule has 18 heavy (non-hydrogen) atoms. The number of carbonyl (C=O) groups excluding carboxylic acids is 1. The predicted molar refractivity (Wildman–Crippen MR) is 73.8 cm³/mol. The molecular weight excluding hydrogens is 226 g/mol. The van der Waals surface area contributed by atoms with E-state index < -0.39 is 0 Å². The van der Waals surface area contributed by atoms with Crippen LogP contribution < -0.4 is 0 Å². The monoisotopic (exact) mass is 249 g/mol. The summed E-state index contributed by atoms with van der Waals surface area (Å²) in [6.45, 7) is 5.04. The average molecular weight is 249 g/mol. The van der Waals surface area contributed by atoms with E-state index in [-0.39, 0.29) is 12.5 Å². The van der Waals surface area contributed by atoms with Gasteiger partial charge in [-0.3, -0.25) is 4.79 Å². The molecule has 0 unspecified atom stereocenters. The highest BCUT2D eigenvalue weighted by atomic mass is 16.2. The summed E-state index contributed by atoms with van der Waals surface area (Å²) < 4.78 is 0. The quantitative estimate of drug-likeness (QED) is 0.787. The smallest absolute Gasteiger partial charge is 0.253 e. The van der Waals surface area contributed by atoms with Gasteiger partial charge in [-0.25, -0.2) is 0 Å². The maximum absolute atomic E-state index is 12.1. The SMILES string of the molecule is Cc1ccc(C(=O)N(C)CCCCCO)cc1C. The summed E-state index contributed by atoms with van der Waals surface area (Å²) in [4.78, 5) is 13.9. The first kappa shape index (κ1) is 14.7. The Labute approximate surface area is 109 Å². The minimum atomic E-state index is 0.0714. The number of hydrogen-bond donors (Lipinski definition) is 1. The highest BCUT2D eigenvalue weighted by Crippen LogP contribution is 2.12. The van der Waals surface area contributed by atoms with Crippen LogP contribution in [0, 0.1) is 13.8 Å². The standard InChI is InChI=1S/C15H23NO2/c1-12-7-8-14(11-13(12)2)15(18)16(3)9-5-4-6-10-17/h7-8,11,17H,4-6,9-10H2,1-3H3. The lowest BCUT2D eigenvalue weighted by atomic mass is 10.1. The molecule has 3 nitrogen and oxygen atoms in total. The molecule has 1 aromatic rings. The molecule has 0 saturated heterocycles. The Kier molecular flexibility index (Phi) is 5.86. The van der Waals surface area contributed by atoms with Crippen molar-refractivity contribution in [1.82, 2.24) is 4.90 Å². The maximum Gasteiger partial charge on any atom is 0.253 e. The third-order valence-corrected chi connectivity index (χ3v) is 3.25. The Bertz CT molecular complexity index is 401. The number of rotatable bonds is 6. The van der Waals surface area contributed by atoms with Gasteiger partial charge in [0.05, 0.1) is 0 Å². The van der Waals surface area contributed by atoms with Gasteiger partial charge in [0.2, 0.25) is 0 Å². The first-order chi connectivity index (χ1) is 8.56. The van der Waals surface area contributed by atoms with E-state index in [0.29, 0.717) is 0 Å². The molecule has 0 atom stereocenters. The number of aliphatic hydroxyl groups is 1. The molecule has 0 aliphatic heterocycles. The lowest BCUT2D eigenvalue weighted by Crippen LogP contribution is -2.27. The fourth-order valence-corrected chi connectivity index (χ4v) is 1.83. The van der Waals surface area contributed by atoms with Gasteiger partial charge < -0.3 is 10.0 Å². The van der Waals surface area contributed by atoms with Crippen LogP contribution in [-0.4, -0.2) is 36.1 Å². The molecule has 1 rings (SSSR count). The third kappa shape index (κ3) is 4.15. The summed E-state index contributed by atoms with van der Waals surface area (Å²) in [5.74, 6) is 0.0714. The molecule has 1 N–H and O–H groups in total. The van der Waals surface area contributed by atoms with Gasteiger partial charge in [0.15, 0.2) is 0 Å². The zero-order chi connectivity index (χ0) is 13.5. The van der Waals surface area contributed by atoms with E-state index in [4.69, 9.17) is 5.11 Å². The van der Waals surface area contributed by atoms with Crippen LogP contribution in [0.2, 0.25) is 0 Å². The molecule has 1 aromatic carbocycles. The number of aliphatic hydroxyl groups excluding tert-OH is 1. The van der Waals surface area contributed by atoms with E-state index in [1.165, 1.54) is 5.56 Å². The molecule has 0 aromatic heterocycles. The average Bonchev–Trinajstić information content (AvgIpc) is 2.37. The zero-order valence-corrected chi connectivity index (χ0v) is 11.6. The molecule has 0 fully saturated rings. The van der Waals surface area contributed by atoms with Crippen molar-refractivity contribution >= 4 is 5.91 Å². The van der Waals surface area contributed by atoms with Gasteiger partial charge in [-0.15, -0.1) is 0 Å². The van der Waals surface area contributed by atoms with Crippen molar-refractivity contribution in [2.24, 2.45) is 0 Å².